The molecule has 0 aliphatic heterocycles. The standard InChI is InChI=1S/2C20H12N2O5S.Ca/c2*23-19-11-3-1-2-4-15(11)21-17-9-14-18(8-13(17)19)22-16-6-5-10(28(25,26)27)7-12(16)20(14)24;/h2*1-9H,(H,21,23)(H,22,24)(H,25,26,27);/q;;+2/p-2. The molecule has 0 amide bonds. The Bertz CT molecular complexity index is 3620. The van der Waals surface area contributed by atoms with Gasteiger partial charge in [-0.15, -0.1) is 0 Å². The zero-order valence-electron chi connectivity index (χ0n) is 29.0. The van der Waals surface area contributed by atoms with Crippen molar-refractivity contribution in [1.82, 2.24) is 19.9 Å². The summed E-state index contributed by atoms with van der Waals surface area (Å²) in [6.45, 7) is 0. The number of para-hydroxylation sites is 2. The smallest absolute Gasteiger partial charge is 0.744 e. The first-order chi connectivity index (χ1) is 26.7. The molecule has 57 heavy (non-hydrogen) atoms. The number of pyridine rings is 4. The summed E-state index contributed by atoms with van der Waals surface area (Å²) in [4.78, 5) is 63.0. The fourth-order valence-electron chi connectivity index (χ4n) is 7.06. The summed E-state index contributed by atoms with van der Waals surface area (Å²) in [5.41, 5.74) is 2.78. The minimum atomic E-state index is -4.68. The van der Waals surface area contributed by atoms with Crippen LogP contribution in [0.25, 0.3) is 87.2 Å². The number of benzene rings is 6. The van der Waals surface area contributed by atoms with E-state index in [1.54, 1.807) is 72.8 Å². The molecule has 0 bridgehead atoms. The minimum Gasteiger partial charge on any atom is -0.744 e. The zero-order chi connectivity index (χ0) is 39.3. The molecule has 0 atom stereocenters. The molecule has 0 saturated carbocycles. The van der Waals surface area contributed by atoms with Gasteiger partial charge in [0.1, 0.15) is 20.2 Å². The largest absolute Gasteiger partial charge is 2.00 e. The van der Waals surface area contributed by atoms with Crippen molar-refractivity contribution >= 4 is 145 Å². The van der Waals surface area contributed by atoms with Crippen molar-refractivity contribution in [2.24, 2.45) is 0 Å². The topological polar surface area (TPSA) is 246 Å². The molecule has 0 saturated heterocycles. The monoisotopic (exact) mass is 822 g/mol. The number of hydrogen-bond donors (Lipinski definition) is 4. The van der Waals surface area contributed by atoms with Crippen molar-refractivity contribution < 1.29 is 25.9 Å². The molecule has 0 aliphatic carbocycles. The Morgan fingerprint density at radius 1 is 0.333 bits per heavy atom. The third-order valence-corrected chi connectivity index (χ3v) is 11.4. The summed E-state index contributed by atoms with van der Waals surface area (Å²) in [7, 11) is -9.36. The van der Waals surface area contributed by atoms with E-state index >= 15 is 0 Å². The summed E-state index contributed by atoms with van der Waals surface area (Å²) in [5, 5.41) is 2.70. The SMILES string of the molecule is O=c1c2ccccc2[nH]c2cc3c(=O)c4cc(S(=O)(=O)[O-])ccc4[nH]c3cc12.O=c1c2ccccc2[nH]c2cc3c(=O)c4cc(S(=O)(=O)[O-])ccc4[nH]c3cc12.[Ca+2]. The number of nitrogens with one attached hydrogen (secondary N) is 4. The number of H-pyrrole nitrogens is 4. The molecular weight excluding hydrogens is 801 g/mol. The van der Waals surface area contributed by atoms with E-state index < -0.39 is 40.9 Å². The van der Waals surface area contributed by atoms with Crippen molar-refractivity contribution in [2.75, 3.05) is 0 Å². The van der Waals surface area contributed by atoms with Crippen LogP contribution in [0.3, 0.4) is 0 Å². The predicted octanol–water partition coefficient (Wildman–Crippen LogP) is 4.78. The molecule has 10 aromatic rings. The van der Waals surface area contributed by atoms with E-state index in [0.717, 1.165) is 24.3 Å². The molecule has 17 heteroatoms. The summed E-state index contributed by atoms with van der Waals surface area (Å²) in [6, 6.07) is 27.7. The molecule has 0 unspecified atom stereocenters. The molecule has 4 N–H and O–H groups in total. The van der Waals surface area contributed by atoms with E-state index in [2.05, 4.69) is 19.9 Å². The van der Waals surface area contributed by atoms with E-state index in [9.17, 15) is 45.1 Å². The third kappa shape index (κ3) is 6.50. The predicted molar refractivity (Wildman–Crippen MR) is 217 cm³/mol. The van der Waals surface area contributed by atoms with Gasteiger partial charge in [0.2, 0.25) is 0 Å². The zero-order valence-corrected chi connectivity index (χ0v) is 32.8. The van der Waals surface area contributed by atoms with Crippen molar-refractivity contribution in [3.05, 3.63) is 150 Å². The van der Waals surface area contributed by atoms with E-state index in [-0.39, 0.29) is 70.1 Å². The van der Waals surface area contributed by atoms with Gasteiger partial charge in [0.15, 0.2) is 21.7 Å². The summed E-state index contributed by atoms with van der Waals surface area (Å²) in [5.74, 6) is 0. The van der Waals surface area contributed by atoms with Gasteiger partial charge in [0, 0.05) is 65.2 Å². The first kappa shape index (κ1) is 38.2. The summed E-state index contributed by atoms with van der Waals surface area (Å²) in [6.07, 6.45) is 0. The summed E-state index contributed by atoms with van der Waals surface area (Å²) < 4.78 is 67.7. The van der Waals surface area contributed by atoms with Crippen molar-refractivity contribution in [2.45, 2.75) is 9.79 Å². The normalized spacial score (nSPS) is 12.1. The molecule has 0 radical (unpaired) electrons. The van der Waals surface area contributed by atoms with E-state index in [1.807, 2.05) is 0 Å². The maximum absolute atomic E-state index is 13.0. The van der Waals surface area contributed by atoms with Crippen LogP contribution in [0.15, 0.2) is 138 Å². The van der Waals surface area contributed by atoms with Crippen LogP contribution in [0.1, 0.15) is 0 Å². The van der Waals surface area contributed by atoms with Crippen LogP contribution in [0, 0.1) is 0 Å². The van der Waals surface area contributed by atoms with E-state index in [0.29, 0.717) is 65.7 Å². The third-order valence-electron chi connectivity index (χ3n) is 9.76. The Morgan fingerprint density at radius 2 is 0.596 bits per heavy atom. The van der Waals surface area contributed by atoms with Crippen molar-refractivity contribution in [3.8, 4) is 0 Å². The van der Waals surface area contributed by atoms with Gasteiger partial charge in [-0.05, 0) is 84.9 Å². The maximum atomic E-state index is 13.0. The summed E-state index contributed by atoms with van der Waals surface area (Å²) >= 11 is 0. The Morgan fingerprint density at radius 3 is 0.912 bits per heavy atom. The molecule has 0 fully saturated rings. The number of rotatable bonds is 2. The van der Waals surface area contributed by atoms with Crippen LogP contribution in [0.4, 0.5) is 0 Å². The van der Waals surface area contributed by atoms with E-state index in [4.69, 9.17) is 0 Å². The molecular formula is C40H22CaN4O10S2. The Hall–Kier alpha value is -5.72. The van der Waals surface area contributed by atoms with Crippen LogP contribution in [0.2, 0.25) is 0 Å². The molecule has 4 heterocycles. The van der Waals surface area contributed by atoms with Gasteiger partial charge in [-0.25, -0.2) is 16.8 Å². The van der Waals surface area contributed by atoms with Gasteiger partial charge in [-0.2, -0.15) is 0 Å². The van der Waals surface area contributed by atoms with Crippen LogP contribution in [-0.2, 0) is 20.2 Å². The molecule has 6 aromatic carbocycles. The Labute approximate surface area is 348 Å². The first-order valence-electron chi connectivity index (χ1n) is 16.7. The molecule has 10 rings (SSSR count). The molecule has 14 nitrogen and oxygen atoms in total. The number of fused-ring (bicyclic) bond motifs is 8. The first-order valence-corrected chi connectivity index (χ1v) is 19.5. The Kier molecular flexibility index (Phi) is 9.20. The van der Waals surface area contributed by atoms with Crippen molar-refractivity contribution in [1.29, 1.82) is 0 Å². The molecule has 0 spiro atoms. The quantitative estimate of drug-likeness (QED) is 0.106. The van der Waals surface area contributed by atoms with Gasteiger partial charge >= 0.3 is 37.7 Å². The fourth-order valence-corrected chi connectivity index (χ4v) is 8.05. The van der Waals surface area contributed by atoms with Gasteiger partial charge in [-0.3, -0.25) is 19.2 Å². The second-order valence-electron chi connectivity index (χ2n) is 13.1. The van der Waals surface area contributed by atoms with Gasteiger partial charge in [-0.1, -0.05) is 24.3 Å². The van der Waals surface area contributed by atoms with Crippen LogP contribution in [0.5, 0.6) is 0 Å². The number of hydrogen-bond acceptors (Lipinski definition) is 10. The molecule has 0 aliphatic rings. The van der Waals surface area contributed by atoms with Crippen LogP contribution < -0.4 is 21.7 Å². The fraction of sp³-hybridized carbons (Fsp3) is 0. The second-order valence-corrected chi connectivity index (χ2v) is 15.9. The Balaban J connectivity index is 0.000000157. The minimum absolute atomic E-state index is 0. The van der Waals surface area contributed by atoms with E-state index in [1.165, 1.54) is 12.1 Å². The number of aromatic amines is 4. The maximum Gasteiger partial charge on any atom is 2.00 e. The van der Waals surface area contributed by atoms with Gasteiger partial charge in [0.25, 0.3) is 0 Å². The second kappa shape index (κ2) is 13.7. The average Bonchev–Trinajstić information content (AvgIpc) is 3.17. The average molecular weight is 823 g/mol. The van der Waals surface area contributed by atoms with Gasteiger partial charge < -0.3 is 29.0 Å². The van der Waals surface area contributed by atoms with Crippen LogP contribution >= 0.6 is 0 Å². The van der Waals surface area contributed by atoms with Crippen LogP contribution in [-0.4, -0.2) is 83.6 Å². The van der Waals surface area contributed by atoms with Crippen molar-refractivity contribution in [3.63, 3.8) is 0 Å². The molecule has 4 aromatic heterocycles. The number of aromatic nitrogens is 4. The molecule has 276 valence electrons. The van der Waals surface area contributed by atoms with Gasteiger partial charge in [0.05, 0.1) is 31.9 Å².